The molecule has 0 aromatic heterocycles. The molecule has 3 amide bonds. The first kappa shape index (κ1) is 24.5. The standard InChI is InChI=1S/C30H37N3O3/c1-22-7-9-27(10-8-22)33-21-26(20-28(33)34)30(36)32-17-13-25(14-18-32)29(35)31-15-11-24(12-16-31)19-23-5-3-2-4-6-23/h2-10,24-26H,11-21H2,1H3. The number of amides is 3. The van der Waals surface area contributed by atoms with Crippen LogP contribution in [0.3, 0.4) is 0 Å². The second kappa shape index (κ2) is 10.9. The SMILES string of the molecule is Cc1ccc(N2CC(C(=O)N3CCC(C(=O)N4CCC(Cc5ccccc5)CC4)CC3)CC2=O)cc1. The Hall–Kier alpha value is -3.15. The predicted molar refractivity (Wildman–Crippen MR) is 140 cm³/mol. The lowest BCUT2D eigenvalue weighted by atomic mass is 9.88. The van der Waals surface area contributed by atoms with Crippen molar-refractivity contribution in [2.45, 2.75) is 45.4 Å². The molecule has 0 spiro atoms. The minimum absolute atomic E-state index is 0.00832. The van der Waals surface area contributed by atoms with Gasteiger partial charge in [-0.25, -0.2) is 0 Å². The Kier molecular flexibility index (Phi) is 7.40. The van der Waals surface area contributed by atoms with Gasteiger partial charge in [0, 0.05) is 50.7 Å². The van der Waals surface area contributed by atoms with E-state index in [1.165, 1.54) is 5.56 Å². The summed E-state index contributed by atoms with van der Waals surface area (Å²) in [7, 11) is 0. The molecular weight excluding hydrogens is 450 g/mol. The third-order valence-corrected chi connectivity index (χ3v) is 8.27. The lowest BCUT2D eigenvalue weighted by Gasteiger charge is -2.38. The molecule has 1 atom stereocenters. The van der Waals surface area contributed by atoms with Crippen molar-refractivity contribution in [1.29, 1.82) is 0 Å². The van der Waals surface area contributed by atoms with Crippen molar-refractivity contribution in [2.75, 3.05) is 37.6 Å². The van der Waals surface area contributed by atoms with Gasteiger partial charge in [0.15, 0.2) is 0 Å². The normalized spacial score (nSPS) is 21.8. The number of likely N-dealkylation sites (tertiary alicyclic amines) is 2. The van der Waals surface area contributed by atoms with Gasteiger partial charge in [0.1, 0.15) is 0 Å². The van der Waals surface area contributed by atoms with Crippen LogP contribution >= 0.6 is 0 Å². The zero-order valence-electron chi connectivity index (χ0n) is 21.3. The number of piperidine rings is 2. The summed E-state index contributed by atoms with van der Waals surface area (Å²) in [4.78, 5) is 44.7. The molecule has 1 unspecified atom stereocenters. The van der Waals surface area contributed by atoms with Gasteiger partial charge in [0.25, 0.3) is 0 Å². The molecule has 5 rings (SSSR count). The highest BCUT2D eigenvalue weighted by Gasteiger charge is 2.39. The summed E-state index contributed by atoms with van der Waals surface area (Å²) in [5.41, 5.74) is 3.38. The minimum Gasteiger partial charge on any atom is -0.342 e. The maximum absolute atomic E-state index is 13.2. The molecule has 0 saturated carbocycles. The van der Waals surface area contributed by atoms with E-state index in [1.54, 1.807) is 4.90 Å². The highest BCUT2D eigenvalue weighted by Crippen LogP contribution is 2.29. The third kappa shape index (κ3) is 5.48. The predicted octanol–water partition coefficient (Wildman–Crippen LogP) is 4.07. The van der Waals surface area contributed by atoms with Crippen LogP contribution in [0.5, 0.6) is 0 Å². The van der Waals surface area contributed by atoms with E-state index in [-0.39, 0.29) is 36.0 Å². The fourth-order valence-electron chi connectivity index (χ4n) is 6.02. The molecule has 3 aliphatic rings. The second-order valence-corrected chi connectivity index (χ2v) is 10.8. The molecule has 2 aromatic rings. The molecule has 3 saturated heterocycles. The monoisotopic (exact) mass is 487 g/mol. The van der Waals surface area contributed by atoms with Crippen molar-refractivity contribution in [1.82, 2.24) is 9.80 Å². The Morgan fingerprint density at radius 1 is 0.778 bits per heavy atom. The number of hydrogen-bond donors (Lipinski definition) is 0. The van der Waals surface area contributed by atoms with Crippen molar-refractivity contribution in [3.63, 3.8) is 0 Å². The van der Waals surface area contributed by atoms with Crippen LogP contribution < -0.4 is 4.90 Å². The van der Waals surface area contributed by atoms with Gasteiger partial charge >= 0.3 is 0 Å². The molecule has 6 nitrogen and oxygen atoms in total. The summed E-state index contributed by atoms with van der Waals surface area (Å²) in [5.74, 6) is 0.693. The summed E-state index contributed by atoms with van der Waals surface area (Å²) >= 11 is 0. The second-order valence-electron chi connectivity index (χ2n) is 10.8. The molecule has 3 aliphatic heterocycles. The zero-order chi connectivity index (χ0) is 25.1. The van der Waals surface area contributed by atoms with Crippen LogP contribution in [-0.2, 0) is 20.8 Å². The quantitative estimate of drug-likeness (QED) is 0.639. The third-order valence-electron chi connectivity index (χ3n) is 8.27. The molecule has 190 valence electrons. The summed E-state index contributed by atoms with van der Waals surface area (Å²) < 4.78 is 0. The topological polar surface area (TPSA) is 60.9 Å². The molecule has 3 fully saturated rings. The van der Waals surface area contributed by atoms with Crippen LogP contribution in [0.2, 0.25) is 0 Å². The lowest BCUT2D eigenvalue weighted by molar-refractivity contribution is -0.143. The Morgan fingerprint density at radius 2 is 1.36 bits per heavy atom. The van der Waals surface area contributed by atoms with Crippen LogP contribution in [-0.4, -0.2) is 60.2 Å². The Balaban J connectivity index is 1.08. The van der Waals surface area contributed by atoms with Gasteiger partial charge in [0.05, 0.1) is 5.92 Å². The number of carbonyl (C=O) groups is 3. The van der Waals surface area contributed by atoms with E-state index in [0.29, 0.717) is 25.6 Å². The van der Waals surface area contributed by atoms with E-state index >= 15 is 0 Å². The Morgan fingerprint density at radius 3 is 2.00 bits per heavy atom. The summed E-state index contributed by atoms with van der Waals surface area (Å²) in [6.45, 7) is 5.36. The molecule has 0 N–H and O–H groups in total. The van der Waals surface area contributed by atoms with Crippen LogP contribution in [0, 0.1) is 24.7 Å². The van der Waals surface area contributed by atoms with Crippen molar-refractivity contribution >= 4 is 23.4 Å². The smallest absolute Gasteiger partial charge is 0.228 e. The highest BCUT2D eigenvalue weighted by atomic mass is 16.2. The fourth-order valence-corrected chi connectivity index (χ4v) is 6.02. The number of nitrogens with zero attached hydrogens (tertiary/aromatic N) is 3. The van der Waals surface area contributed by atoms with Gasteiger partial charge in [-0.1, -0.05) is 48.0 Å². The maximum atomic E-state index is 13.2. The van der Waals surface area contributed by atoms with Gasteiger partial charge in [-0.05, 0) is 62.6 Å². The lowest BCUT2D eigenvalue weighted by Crippen LogP contribution is -2.48. The van der Waals surface area contributed by atoms with Crippen molar-refractivity contribution in [3.05, 3.63) is 65.7 Å². The number of rotatable bonds is 5. The molecular formula is C30H37N3O3. The first-order valence-corrected chi connectivity index (χ1v) is 13.5. The number of aryl methyl sites for hydroxylation is 1. The largest absolute Gasteiger partial charge is 0.342 e. The molecule has 0 bridgehead atoms. The Bertz CT molecular complexity index is 1070. The number of anilines is 1. The number of carbonyl (C=O) groups excluding carboxylic acids is 3. The average molecular weight is 488 g/mol. The average Bonchev–Trinajstić information content (AvgIpc) is 3.31. The van der Waals surface area contributed by atoms with Crippen molar-refractivity contribution in [3.8, 4) is 0 Å². The zero-order valence-corrected chi connectivity index (χ0v) is 21.3. The van der Waals surface area contributed by atoms with E-state index in [1.807, 2.05) is 36.1 Å². The van der Waals surface area contributed by atoms with E-state index in [9.17, 15) is 14.4 Å². The van der Waals surface area contributed by atoms with Crippen molar-refractivity contribution in [2.24, 2.45) is 17.8 Å². The van der Waals surface area contributed by atoms with E-state index in [2.05, 4.69) is 35.2 Å². The van der Waals surface area contributed by atoms with Crippen LogP contribution in [0.25, 0.3) is 0 Å². The van der Waals surface area contributed by atoms with Gasteiger partial charge in [-0.15, -0.1) is 0 Å². The van der Waals surface area contributed by atoms with Crippen LogP contribution in [0.4, 0.5) is 5.69 Å². The van der Waals surface area contributed by atoms with Crippen LogP contribution in [0.15, 0.2) is 54.6 Å². The minimum atomic E-state index is -0.297. The molecule has 3 heterocycles. The summed E-state index contributed by atoms with van der Waals surface area (Å²) in [6, 6.07) is 18.5. The molecule has 6 heteroatoms. The first-order chi connectivity index (χ1) is 17.5. The highest BCUT2D eigenvalue weighted by molar-refractivity contribution is 6.00. The summed E-state index contributed by atoms with van der Waals surface area (Å²) in [6.07, 6.45) is 4.92. The fraction of sp³-hybridized carbons (Fsp3) is 0.500. The van der Waals surface area contributed by atoms with E-state index < -0.39 is 0 Å². The van der Waals surface area contributed by atoms with Gasteiger partial charge < -0.3 is 14.7 Å². The number of benzene rings is 2. The molecule has 0 aliphatic carbocycles. The van der Waals surface area contributed by atoms with Gasteiger partial charge in [-0.2, -0.15) is 0 Å². The first-order valence-electron chi connectivity index (χ1n) is 13.5. The molecule has 2 aromatic carbocycles. The van der Waals surface area contributed by atoms with E-state index in [0.717, 1.165) is 56.4 Å². The molecule has 36 heavy (non-hydrogen) atoms. The summed E-state index contributed by atoms with van der Waals surface area (Å²) in [5, 5.41) is 0. The Labute approximate surface area is 214 Å². The van der Waals surface area contributed by atoms with Crippen LogP contribution in [0.1, 0.15) is 43.2 Å². The van der Waals surface area contributed by atoms with Crippen molar-refractivity contribution < 1.29 is 14.4 Å². The number of hydrogen-bond acceptors (Lipinski definition) is 3. The molecule has 0 radical (unpaired) electrons. The van der Waals surface area contributed by atoms with E-state index in [4.69, 9.17) is 0 Å². The van der Waals surface area contributed by atoms with Gasteiger partial charge in [0.2, 0.25) is 17.7 Å². The van der Waals surface area contributed by atoms with Gasteiger partial charge in [-0.3, -0.25) is 14.4 Å². The maximum Gasteiger partial charge on any atom is 0.228 e.